The summed E-state index contributed by atoms with van der Waals surface area (Å²) in [5, 5.41) is 11.2. The van der Waals surface area contributed by atoms with E-state index in [4.69, 9.17) is 11.6 Å². The van der Waals surface area contributed by atoms with E-state index in [1.807, 2.05) is 24.3 Å². The van der Waals surface area contributed by atoms with Gasteiger partial charge in [-0.2, -0.15) is 0 Å². The molecule has 0 saturated heterocycles. The Balaban J connectivity index is 1.76. The molecule has 0 aliphatic rings. The molecular formula is C19H19ClN2OS. The molecule has 3 rings (SSSR count). The maximum absolute atomic E-state index is 9.58. The number of imidazole rings is 1. The van der Waals surface area contributed by atoms with Crippen LogP contribution in [0, 0.1) is 6.92 Å². The van der Waals surface area contributed by atoms with Crippen molar-refractivity contribution in [3.05, 3.63) is 82.1 Å². The standard InChI is InChI=1S/C19H19ClN2OS/c1-14-2-4-16(5-3-14)13-24-19-21-10-18(12-23)22(19)11-15-6-8-17(20)9-7-15/h2-10,23H,11-13H2,1H3. The van der Waals surface area contributed by atoms with Crippen molar-refractivity contribution >= 4 is 23.4 Å². The summed E-state index contributed by atoms with van der Waals surface area (Å²) >= 11 is 7.63. The predicted octanol–water partition coefficient (Wildman–Crippen LogP) is 4.68. The van der Waals surface area contributed by atoms with Crippen molar-refractivity contribution in [1.82, 2.24) is 9.55 Å². The van der Waals surface area contributed by atoms with Crippen molar-refractivity contribution in [2.75, 3.05) is 0 Å². The van der Waals surface area contributed by atoms with Crippen molar-refractivity contribution in [2.24, 2.45) is 0 Å². The zero-order valence-corrected chi connectivity index (χ0v) is 15.0. The van der Waals surface area contributed by atoms with Crippen LogP contribution >= 0.6 is 23.4 Å². The summed E-state index contributed by atoms with van der Waals surface area (Å²) in [6.07, 6.45) is 1.74. The van der Waals surface area contributed by atoms with Gasteiger partial charge in [0.25, 0.3) is 0 Å². The van der Waals surface area contributed by atoms with E-state index in [0.29, 0.717) is 6.54 Å². The number of aromatic nitrogens is 2. The SMILES string of the molecule is Cc1ccc(CSc2ncc(CO)n2Cc2ccc(Cl)cc2)cc1. The average molecular weight is 359 g/mol. The lowest BCUT2D eigenvalue weighted by atomic mass is 10.2. The van der Waals surface area contributed by atoms with Crippen molar-refractivity contribution < 1.29 is 5.11 Å². The number of aryl methyl sites for hydroxylation is 1. The highest BCUT2D eigenvalue weighted by molar-refractivity contribution is 7.98. The summed E-state index contributed by atoms with van der Waals surface area (Å²) in [6, 6.07) is 16.3. The largest absolute Gasteiger partial charge is 0.390 e. The van der Waals surface area contributed by atoms with Crippen LogP contribution in [-0.4, -0.2) is 14.7 Å². The van der Waals surface area contributed by atoms with Gasteiger partial charge in [0, 0.05) is 17.3 Å². The lowest BCUT2D eigenvalue weighted by molar-refractivity contribution is 0.270. The highest BCUT2D eigenvalue weighted by Crippen LogP contribution is 2.24. The van der Waals surface area contributed by atoms with Gasteiger partial charge in [-0.25, -0.2) is 4.98 Å². The first-order chi connectivity index (χ1) is 11.7. The second kappa shape index (κ2) is 7.88. The molecule has 1 N–H and O–H groups in total. The van der Waals surface area contributed by atoms with Gasteiger partial charge in [-0.1, -0.05) is 65.3 Å². The van der Waals surface area contributed by atoms with Gasteiger partial charge in [-0.05, 0) is 30.2 Å². The molecule has 0 atom stereocenters. The van der Waals surface area contributed by atoms with Gasteiger partial charge in [-0.15, -0.1) is 0 Å². The Hall–Kier alpha value is -1.75. The average Bonchev–Trinajstić information content (AvgIpc) is 2.98. The first-order valence-electron chi connectivity index (χ1n) is 7.74. The van der Waals surface area contributed by atoms with Gasteiger partial charge in [0.1, 0.15) is 0 Å². The van der Waals surface area contributed by atoms with Gasteiger partial charge in [0.15, 0.2) is 5.16 Å². The van der Waals surface area contributed by atoms with Gasteiger partial charge < -0.3 is 9.67 Å². The molecule has 3 nitrogen and oxygen atoms in total. The van der Waals surface area contributed by atoms with E-state index in [2.05, 4.69) is 40.7 Å². The maximum atomic E-state index is 9.58. The molecule has 0 unspecified atom stereocenters. The number of rotatable bonds is 6. The Kier molecular flexibility index (Phi) is 5.61. The van der Waals surface area contributed by atoms with Crippen molar-refractivity contribution in [3.63, 3.8) is 0 Å². The minimum atomic E-state index is -0.0221. The molecule has 0 saturated carbocycles. The van der Waals surface area contributed by atoms with E-state index >= 15 is 0 Å². The van der Waals surface area contributed by atoms with Crippen LogP contribution in [0.25, 0.3) is 0 Å². The summed E-state index contributed by atoms with van der Waals surface area (Å²) in [5.41, 5.74) is 4.47. The molecule has 1 aromatic heterocycles. The second-order valence-corrected chi connectivity index (χ2v) is 7.06. The summed E-state index contributed by atoms with van der Waals surface area (Å²) < 4.78 is 2.06. The van der Waals surface area contributed by atoms with E-state index in [9.17, 15) is 5.11 Å². The zero-order chi connectivity index (χ0) is 16.9. The molecule has 0 aliphatic carbocycles. The third-order valence-corrected chi connectivity index (χ3v) is 5.12. The van der Waals surface area contributed by atoms with Crippen LogP contribution in [-0.2, 0) is 18.9 Å². The first-order valence-corrected chi connectivity index (χ1v) is 9.10. The highest BCUT2D eigenvalue weighted by Gasteiger charge is 2.11. The van der Waals surface area contributed by atoms with E-state index < -0.39 is 0 Å². The minimum absolute atomic E-state index is 0.0221. The Morgan fingerprint density at radius 1 is 1.04 bits per heavy atom. The number of hydrogen-bond acceptors (Lipinski definition) is 3. The smallest absolute Gasteiger partial charge is 0.168 e. The number of aliphatic hydroxyl groups excluding tert-OH is 1. The van der Waals surface area contributed by atoms with Gasteiger partial charge in [0.2, 0.25) is 0 Å². The summed E-state index contributed by atoms with van der Waals surface area (Å²) in [4.78, 5) is 4.47. The third-order valence-electron chi connectivity index (χ3n) is 3.81. The van der Waals surface area contributed by atoms with Crippen LogP contribution < -0.4 is 0 Å². The van der Waals surface area contributed by atoms with Crippen LogP contribution in [0.4, 0.5) is 0 Å². The summed E-state index contributed by atoms with van der Waals surface area (Å²) in [6.45, 7) is 2.73. The minimum Gasteiger partial charge on any atom is -0.390 e. The van der Waals surface area contributed by atoms with E-state index in [-0.39, 0.29) is 6.61 Å². The number of hydrogen-bond donors (Lipinski definition) is 1. The third kappa shape index (κ3) is 4.20. The van der Waals surface area contributed by atoms with E-state index in [1.165, 1.54) is 11.1 Å². The van der Waals surface area contributed by atoms with Gasteiger partial charge in [-0.3, -0.25) is 0 Å². The Bertz CT molecular complexity index is 797. The number of thioether (sulfide) groups is 1. The molecule has 0 radical (unpaired) electrons. The predicted molar refractivity (Wildman–Crippen MR) is 99.4 cm³/mol. The first kappa shape index (κ1) is 17.1. The van der Waals surface area contributed by atoms with Crippen LogP contribution in [0.15, 0.2) is 59.9 Å². The molecule has 24 heavy (non-hydrogen) atoms. The van der Waals surface area contributed by atoms with Crippen LogP contribution in [0.5, 0.6) is 0 Å². The zero-order valence-electron chi connectivity index (χ0n) is 13.4. The quantitative estimate of drug-likeness (QED) is 0.650. The molecule has 3 aromatic rings. The molecule has 0 spiro atoms. The Labute approximate surface area is 151 Å². The molecule has 0 fully saturated rings. The lowest BCUT2D eigenvalue weighted by Crippen LogP contribution is -2.06. The van der Waals surface area contributed by atoms with E-state index in [1.54, 1.807) is 18.0 Å². The number of nitrogens with zero attached hydrogens (tertiary/aromatic N) is 2. The van der Waals surface area contributed by atoms with Crippen molar-refractivity contribution in [2.45, 2.75) is 31.0 Å². The molecule has 0 aliphatic heterocycles. The molecule has 0 bridgehead atoms. The Morgan fingerprint density at radius 3 is 2.38 bits per heavy atom. The fraction of sp³-hybridized carbons (Fsp3) is 0.211. The monoisotopic (exact) mass is 358 g/mol. The summed E-state index contributed by atoms with van der Waals surface area (Å²) in [7, 11) is 0. The fourth-order valence-electron chi connectivity index (χ4n) is 2.41. The number of halogens is 1. The number of benzene rings is 2. The molecular weight excluding hydrogens is 340 g/mol. The maximum Gasteiger partial charge on any atom is 0.168 e. The normalized spacial score (nSPS) is 11.0. The lowest BCUT2D eigenvalue weighted by Gasteiger charge is -2.11. The topological polar surface area (TPSA) is 38.1 Å². The molecule has 1 heterocycles. The Morgan fingerprint density at radius 2 is 1.71 bits per heavy atom. The second-order valence-electron chi connectivity index (χ2n) is 5.68. The molecule has 0 amide bonds. The molecule has 2 aromatic carbocycles. The van der Waals surface area contributed by atoms with Gasteiger partial charge >= 0.3 is 0 Å². The van der Waals surface area contributed by atoms with Crippen molar-refractivity contribution in [1.29, 1.82) is 0 Å². The summed E-state index contributed by atoms with van der Waals surface area (Å²) in [5.74, 6) is 0.850. The van der Waals surface area contributed by atoms with Crippen LogP contribution in [0.3, 0.4) is 0 Å². The molecule has 124 valence electrons. The molecule has 5 heteroatoms. The van der Waals surface area contributed by atoms with Gasteiger partial charge in [0.05, 0.1) is 18.5 Å². The fourth-order valence-corrected chi connectivity index (χ4v) is 3.49. The van der Waals surface area contributed by atoms with Crippen LogP contribution in [0.1, 0.15) is 22.4 Å². The van der Waals surface area contributed by atoms with E-state index in [0.717, 1.165) is 27.2 Å². The van der Waals surface area contributed by atoms with Crippen LogP contribution in [0.2, 0.25) is 5.02 Å². The highest BCUT2D eigenvalue weighted by atomic mass is 35.5. The number of aliphatic hydroxyl groups is 1. The van der Waals surface area contributed by atoms with Crippen molar-refractivity contribution in [3.8, 4) is 0 Å².